The number of nitrogens with zero attached hydrogens (tertiary/aromatic N) is 3. The average Bonchev–Trinajstić information content (AvgIpc) is 2.40. The van der Waals surface area contributed by atoms with E-state index < -0.39 is 16.6 Å². The molecular weight excluding hydrogens is 282 g/mol. The van der Waals surface area contributed by atoms with Crippen LogP contribution in [0.25, 0.3) is 0 Å². The Morgan fingerprint density at radius 1 is 1.19 bits per heavy atom. The number of nitro benzene ring substituents is 1. The molecule has 21 heavy (non-hydrogen) atoms. The fraction of sp³-hybridized carbons (Fsp3) is 0.538. The van der Waals surface area contributed by atoms with Crippen molar-refractivity contribution in [2.75, 3.05) is 44.2 Å². The van der Waals surface area contributed by atoms with E-state index in [-0.39, 0.29) is 11.4 Å². The summed E-state index contributed by atoms with van der Waals surface area (Å²) in [5.74, 6) is -2.19. The van der Waals surface area contributed by atoms with E-state index in [9.17, 15) is 18.9 Å². The van der Waals surface area contributed by atoms with Gasteiger partial charge in [-0.1, -0.05) is 0 Å². The van der Waals surface area contributed by atoms with Gasteiger partial charge in [0.25, 0.3) is 5.69 Å². The molecule has 6 nitrogen and oxygen atoms in total. The summed E-state index contributed by atoms with van der Waals surface area (Å²) in [7, 11) is 0. The highest BCUT2D eigenvalue weighted by atomic mass is 19.2. The number of halogens is 2. The lowest BCUT2D eigenvalue weighted by Gasteiger charge is -2.43. The quantitative estimate of drug-likeness (QED) is 0.665. The number of anilines is 1. The maximum absolute atomic E-state index is 14.0. The molecule has 0 atom stereocenters. The Morgan fingerprint density at radius 3 is 2.38 bits per heavy atom. The molecule has 0 aromatic heterocycles. The van der Waals surface area contributed by atoms with E-state index in [2.05, 4.69) is 10.2 Å². The van der Waals surface area contributed by atoms with Crippen molar-refractivity contribution in [3.8, 4) is 0 Å². The lowest BCUT2D eigenvalue weighted by atomic mass is 10.1. The summed E-state index contributed by atoms with van der Waals surface area (Å²) in [5, 5.41) is 14.2. The van der Waals surface area contributed by atoms with Crippen LogP contribution >= 0.6 is 0 Å². The zero-order chi connectivity index (χ0) is 15.0. The first-order valence-corrected chi connectivity index (χ1v) is 6.90. The van der Waals surface area contributed by atoms with Gasteiger partial charge in [0.05, 0.1) is 4.92 Å². The first-order valence-electron chi connectivity index (χ1n) is 6.90. The third kappa shape index (κ3) is 2.56. The molecule has 2 heterocycles. The van der Waals surface area contributed by atoms with Gasteiger partial charge in [0.2, 0.25) is 0 Å². The molecule has 0 radical (unpaired) electrons. The lowest BCUT2D eigenvalue weighted by molar-refractivity contribution is -0.384. The predicted molar refractivity (Wildman–Crippen MR) is 73.5 cm³/mol. The largest absolute Gasteiger partial charge is 0.361 e. The van der Waals surface area contributed by atoms with Gasteiger partial charge in [0, 0.05) is 51.4 Å². The smallest absolute Gasteiger partial charge is 0.295 e. The Bertz CT molecular complexity index is 557. The molecule has 0 spiro atoms. The molecule has 0 unspecified atom stereocenters. The van der Waals surface area contributed by atoms with Crippen molar-refractivity contribution in [3.63, 3.8) is 0 Å². The molecule has 0 amide bonds. The third-order valence-corrected chi connectivity index (χ3v) is 4.15. The van der Waals surface area contributed by atoms with Crippen LogP contribution in [0.2, 0.25) is 0 Å². The molecule has 114 valence electrons. The topological polar surface area (TPSA) is 61.7 Å². The molecule has 0 bridgehead atoms. The van der Waals surface area contributed by atoms with Crippen molar-refractivity contribution < 1.29 is 13.7 Å². The van der Waals surface area contributed by atoms with Gasteiger partial charge in [-0.3, -0.25) is 15.0 Å². The van der Waals surface area contributed by atoms with Crippen molar-refractivity contribution in [2.45, 2.75) is 6.04 Å². The normalized spacial score (nSPS) is 20.4. The molecule has 1 aromatic carbocycles. The van der Waals surface area contributed by atoms with Crippen LogP contribution in [0.5, 0.6) is 0 Å². The highest BCUT2D eigenvalue weighted by Gasteiger charge is 2.32. The molecule has 0 saturated carbocycles. The van der Waals surface area contributed by atoms with Gasteiger partial charge >= 0.3 is 0 Å². The van der Waals surface area contributed by atoms with E-state index >= 15 is 0 Å². The predicted octanol–water partition coefficient (Wildman–Crippen LogP) is 0.967. The van der Waals surface area contributed by atoms with Gasteiger partial charge in [0.15, 0.2) is 17.3 Å². The molecule has 2 aliphatic heterocycles. The van der Waals surface area contributed by atoms with Gasteiger partial charge in [-0.05, 0) is 6.07 Å². The Hall–Kier alpha value is -1.80. The summed E-state index contributed by atoms with van der Waals surface area (Å²) in [4.78, 5) is 14.2. The molecule has 2 saturated heterocycles. The van der Waals surface area contributed by atoms with Crippen LogP contribution in [0.1, 0.15) is 0 Å². The van der Waals surface area contributed by atoms with E-state index in [4.69, 9.17) is 0 Å². The van der Waals surface area contributed by atoms with Gasteiger partial charge in [0.1, 0.15) is 0 Å². The summed E-state index contributed by atoms with van der Waals surface area (Å²) in [5.41, 5.74) is -0.612. The number of hydrogen-bond donors (Lipinski definition) is 1. The van der Waals surface area contributed by atoms with Crippen LogP contribution in [0.3, 0.4) is 0 Å². The van der Waals surface area contributed by atoms with Crippen molar-refractivity contribution in [2.24, 2.45) is 0 Å². The van der Waals surface area contributed by atoms with Crippen molar-refractivity contribution in [1.29, 1.82) is 0 Å². The van der Waals surface area contributed by atoms with Crippen LogP contribution in [-0.4, -0.2) is 55.1 Å². The maximum atomic E-state index is 14.0. The highest BCUT2D eigenvalue weighted by molar-refractivity contribution is 5.64. The number of benzene rings is 1. The number of nitro groups is 1. The van der Waals surface area contributed by atoms with Crippen LogP contribution in [0.4, 0.5) is 20.2 Å². The van der Waals surface area contributed by atoms with Gasteiger partial charge < -0.3 is 10.2 Å². The van der Waals surface area contributed by atoms with Crippen LogP contribution in [0.15, 0.2) is 12.1 Å². The zero-order valence-electron chi connectivity index (χ0n) is 11.4. The minimum atomic E-state index is -1.14. The Balaban J connectivity index is 1.80. The summed E-state index contributed by atoms with van der Waals surface area (Å²) >= 11 is 0. The summed E-state index contributed by atoms with van der Waals surface area (Å²) in [6.07, 6.45) is 0. The molecule has 2 aliphatic rings. The van der Waals surface area contributed by atoms with Gasteiger partial charge in [-0.25, -0.2) is 8.78 Å². The molecule has 0 aliphatic carbocycles. The Morgan fingerprint density at radius 2 is 1.86 bits per heavy atom. The van der Waals surface area contributed by atoms with E-state index in [1.807, 2.05) is 0 Å². The standard InChI is InChI=1S/C13H16F2N4O2/c14-10-1-2-11(19(20)21)13(12(10)15)18-5-3-17(4-6-18)9-7-16-8-9/h1-2,9,16H,3-8H2. The summed E-state index contributed by atoms with van der Waals surface area (Å²) in [6.45, 7) is 4.18. The highest BCUT2D eigenvalue weighted by Crippen LogP contribution is 2.33. The Kier molecular flexibility index (Phi) is 3.73. The van der Waals surface area contributed by atoms with Crippen LogP contribution < -0.4 is 10.2 Å². The number of hydrogen-bond acceptors (Lipinski definition) is 5. The Labute approximate surface area is 120 Å². The fourth-order valence-electron chi connectivity index (χ4n) is 2.82. The van der Waals surface area contributed by atoms with E-state index in [1.54, 1.807) is 4.90 Å². The SMILES string of the molecule is O=[N+]([O-])c1ccc(F)c(F)c1N1CCN(C2CNC2)CC1. The van der Waals surface area contributed by atoms with Crippen molar-refractivity contribution >= 4 is 11.4 Å². The molecule has 2 fully saturated rings. The number of rotatable bonds is 3. The van der Waals surface area contributed by atoms with Crippen LogP contribution in [-0.2, 0) is 0 Å². The second-order valence-electron chi connectivity index (χ2n) is 5.32. The fourth-order valence-corrected chi connectivity index (χ4v) is 2.82. The van der Waals surface area contributed by atoms with Gasteiger partial charge in [-0.15, -0.1) is 0 Å². The second kappa shape index (κ2) is 5.53. The third-order valence-electron chi connectivity index (χ3n) is 4.15. The monoisotopic (exact) mass is 298 g/mol. The minimum Gasteiger partial charge on any atom is -0.361 e. The van der Waals surface area contributed by atoms with Crippen LogP contribution in [0, 0.1) is 21.7 Å². The number of nitrogens with one attached hydrogen (secondary N) is 1. The first kappa shape index (κ1) is 14.2. The maximum Gasteiger partial charge on any atom is 0.295 e. The number of piperazine rings is 1. The first-order chi connectivity index (χ1) is 10.1. The summed E-state index contributed by atoms with van der Waals surface area (Å²) in [6, 6.07) is 2.31. The molecular formula is C13H16F2N4O2. The van der Waals surface area contributed by atoms with E-state index in [0.29, 0.717) is 32.2 Å². The van der Waals surface area contributed by atoms with E-state index in [0.717, 1.165) is 25.2 Å². The zero-order valence-corrected chi connectivity index (χ0v) is 11.4. The van der Waals surface area contributed by atoms with E-state index in [1.165, 1.54) is 0 Å². The van der Waals surface area contributed by atoms with Gasteiger partial charge in [-0.2, -0.15) is 0 Å². The summed E-state index contributed by atoms with van der Waals surface area (Å²) < 4.78 is 27.4. The molecule has 1 N–H and O–H groups in total. The second-order valence-corrected chi connectivity index (χ2v) is 5.32. The molecule has 3 rings (SSSR count). The van der Waals surface area contributed by atoms with Crippen molar-refractivity contribution in [3.05, 3.63) is 33.9 Å². The average molecular weight is 298 g/mol. The van der Waals surface area contributed by atoms with Crippen molar-refractivity contribution in [1.82, 2.24) is 10.2 Å². The minimum absolute atomic E-state index is 0.230. The molecule has 8 heteroatoms. The lowest BCUT2D eigenvalue weighted by Crippen LogP contribution is -2.61. The molecule has 1 aromatic rings.